The highest BCUT2D eigenvalue weighted by Gasteiger charge is 2.23. The Hall–Kier alpha value is -3.35. The number of hydrogen-bond acceptors (Lipinski definition) is 8. The Morgan fingerprint density at radius 1 is 1.11 bits per heavy atom. The standard InChI is InChI=1S/C26H27N7OS/c1-32-10-8-16(9-11-32)24-30-21-13-19(6-7-22(21)35-24)29-26-28-15-18-12-17(14-27)25(34)33(23(18)31-26)20-4-2-3-5-20/h6-7,12-13,15-16,20H,2-5,8-11H2,1H3,(H,28,29,31). The first-order valence-electron chi connectivity index (χ1n) is 12.3. The molecule has 6 rings (SSSR count). The molecule has 0 radical (unpaired) electrons. The molecule has 35 heavy (non-hydrogen) atoms. The smallest absolute Gasteiger partial charge is 0.270 e. The number of aromatic nitrogens is 4. The van der Waals surface area contributed by atoms with Crippen molar-refractivity contribution in [2.45, 2.75) is 50.5 Å². The first kappa shape index (κ1) is 22.1. The quantitative estimate of drug-likeness (QED) is 0.437. The predicted molar refractivity (Wildman–Crippen MR) is 138 cm³/mol. The number of benzene rings is 1. The van der Waals surface area contributed by atoms with Gasteiger partial charge in [0.1, 0.15) is 17.3 Å². The highest BCUT2D eigenvalue weighted by atomic mass is 32.1. The summed E-state index contributed by atoms with van der Waals surface area (Å²) in [6.45, 7) is 2.24. The minimum atomic E-state index is -0.262. The average Bonchev–Trinajstić information content (AvgIpc) is 3.54. The van der Waals surface area contributed by atoms with Gasteiger partial charge in [0.2, 0.25) is 5.95 Å². The summed E-state index contributed by atoms with van der Waals surface area (Å²) in [4.78, 5) is 29.5. The van der Waals surface area contributed by atoms with Crippen molar-refractivity contribution in [1.29, 1.82) is 5.26 Å². The minimum absolute atomic E-state index is 0.0744. The topological polar surface area (TPSA) is 99.7 Å². The molecule has 2 aliphatic rings. The van der Waals surface area contributed by atoms with Gasteiger partial charge in [-0.05, 0) is 70.1 Å². The Morgan fingerprint density at radius 2 is 1.91 bits per heavy atom. The van der Waals surface area contributed by atoms with Crippen LogP contribution in [0.2, 0.25) is 0 Å². The molecule has 4 aromatic rings. The fourth-order valence-electron chi connectivity index (χ4n) is 5.34. The van der Waals surface area contributed by atoms with Crippen LogP contribution in [0, 0.1) is 11.3 Å². The molecule has 4 heterocycles. The van der Waals surface area contributed by atoms with E-state index in [2.05, 4.69) is 28.3 Å². The van der Waals surface area contributed by atoms with Crippen molar-refractivity contribution < 1.29 is 0 Å². The van der Waals surface area contributed by atoms with Crippen molar-refractivity contribution in [2.24, 2.45) is 0 Å². The van der Waals surface area contributed by atoms with Crippen molar-refractivity contribution in [2.75, 3.05) is 25.5 Å². The third-order valence-electron chi connectivity index (χ3n) is 7.31. The molecule has 0 bridgehead atoms. The summed E-state index contributed by atoms with van der Waals surface area (Å²) < 4.78 is 2.90. The van der Waals surface area contributed by atoms with E-state index in [1.54, 1.807) is 28.2 Å². The molecule has 1 N–H and O–H groups in total. The van der Waals surface area contributed by atoms with Gasteiger partial charge in [0, 0.05) is 29.2 Å². The zero-order valence-electron chi connectivity index (χ0n) is 19.7. The Kier molecular flexibility index (Phi) is 5.71. The van der Waals surface area contributed by atoms with Gasteiger partial charge in [0.15, 0.2) is 0 Å². The molecule has 1 aromatic carbocycles. The molecule has 2 fully saturated rings. The van der Waals surface area contributed by atoms with E-state index in [4.69, 9.17) is 9.97 Å². The first-order valence-corrected chi connectivity index (χ1v) is 13.1. The Labute approximate surface area is 207 Å². The van der Waals surface area contributed by atoms with Gasteiger partial charge in [-0.3, -0.25) is 9.36 Å². The van der Waals surface area contributed by atoms with Crippen LogP contribution < -0.4 is 10.9 Å². The van der Waals surface area contributed by atoms with Crippen LogP contribution in [0.3, 0.4) is 0 Å². The monoisotopic (exact) mass is 485 g/mol. The van der Waals surface area contributed by atoms with E-state index in [1.807, 2.05) is 18.2 Å². The number of thiazole rings is 1. The van der Waals surface area contributed by atoms with Crippen LogP contribution >= 0.6 is 11.3 Å². The van der Waals surface area contributed by atoms with Crippen LogP contribution in [-0.4, -0.2) is 44.6 Å². The maximum atomic E-state index is 13.0. The third-order valence-corrected chi connectivity index (χ3v) is 8.51. The van der Waals surface area contributed by atoms with Crippen molar-refractivity contribution in [3.8, 4) is 6.07 Å². The van der Waals surface area contributed by atoms with Crippen molar-refractivity contribution >= 4 is 44.2 Å². The second-order valence-electron chi connectivity index (χ2n) is 9.69. The number of fused-ring (bicyclic) bond motifs is 2. The van der Waals surface area contributed by atoms with E-state index in [0.717, 1.165) is 62.8 Å². The van der Waals surface area contributed by atoms with Crippen molar-refractivity contribution in [3.05, 3.63) is 51.4 Å². The molecule has 9 heteroatoms. The lowest BCUT2D eigenvalue weighted by atomic mass is 9.98. The lowest BCUT2D eigenvalue weighted by molar-refractivity contribution is 0.255. The van der Waals surface area contributed by atoms with E-state index >= 15 is 0 Å². The molecule has 3 aromatic heterocycles. The summed E-state index contributed by atoms with van der Waals surface area (Å²) >= 11 is 1.79. The lowest BCUT2D eigenvalue weighted by Crippen LogP contribution is -2.29. The third kappa shape index (κ3) is 4.17. The average molecular weight is 486 g/mol. The fraction of sp³-hybridized carbons (Fsp3) is 0.423. The minimum Gasteiger partial charge on any atom is -0.324 e. The number of likely N-dealkylation sites (tertiary alicyclic amines) is 1. The molecular weight excluding hydrogens is 458 g/mol. The van der Waals surface area contributed by atoms with Gasteiger partial charge in [0.05, 0.1) is 15.2 Å². The number of nitrogens with one attached hydrogen (secondary N) is 1. The Morgan fingerprint density at radius 3 is 2.69 bits per heavy atom. The zero-order chi connectivity index (χ0) is 23.9. The molecule has 178 valence electrons. The van der Waals surface area contributed by atoms with Crippen LogP contribution in [0.25, 0.3) is 21.3 Å². The van der Waals surface area contributed by atoms with Gasteiger partial charge < -0.3 is 10.2 Å². The van der Waals surface area contributed by atoms with E-state index < -0.39 is 0 Å². The maximum absolute atomic E-state index is 13.0. The van der Waals surface area contributed by atoms with E-state index in [1.165, 1.54) is 9.71 Å². The van der Waals surface area contributed by atoms with Gasteiger partial charge >= 0.3 is 0 Å². The number of rotatable bonds is 4. The molecule has 1 aliphatic carbocycles. The summed E-state index contributed by atoms with van der Waals surface area (Å²) in [5.74, 6) is 0.966. The number of pyridine rings is 1. The maximum Gasteiger partial charge on any atom is 0.270 e. The molecule has 1 saturated heterocycles. The van der Waals surface area contributed by atoms with Gasteiger partial charge in [-0.25, -0.2) is 9.97 Å². The normalized spacial score (nSPS) is 17.8. The van der Waals surface area contributed by atoms with Crippen LogP contribution in [0.5, 0.6) is 0 Å². The summed E-state index contributed by atoms with van der Waals surface area (Å²) in [6.07, 6.45) is 8.02. The van der Waals surface area contributed by atoms with Crippen LogP contribution in [-0.2, 0) is 0 Å². The number of hydrogen-bond donors (Lipinski definition) is 1. The van der Waals surface area contributed by atoms with Crippen LogP contribution in [0.4, 0.5) is 11.6 Å². The summed E-state index contributed by atoms with van der Waals surface area (Å²) in [5, 5.41) is 14.7. The SMILES string of the molecule is CN1CCC(c2nc3cc(Nc4ncc5cc(C#N)c(=O)n(C6CCCC6)c5n4)ccc3s2)CC1. The van der Waals surface area contributed by atoms with E-state index in [9.17, 15) is 10.1 Å². The molecular formula is C26H27N7OS. The summed E-state index contributed by atoms with van der Waals surface area (Å²) in [7, 11) is 2.18. The molecule has 0 amide bonds. The van der Waals surface area contributed by atoms with Crippen molar-refractivity contribution in [3.63, 3.8) is 0 Å². The van der Waals surface area contributed by atoms with Gasteiger partial charge in [0.25, 0.3) is 5.56 Å². The molecule has 8 nitrogen and oxygen atoms in total. The lowest BCUT2D eigenvalue weighted by Gasteiger charge is -2.27. The highest BCUT2D eigenvalue weighted by Crippen LogP contribution is 2.35. The summed E-state index contributed by atoms with van der Waals surface area (Å²) in [5.41, 5.74) is 2.31. The van der Waals surface area contributed by atoms with Gasteiger partial charge in [-0.2, -0.15) is 10.2 Å². The number of piperidine rings is 1. The van der Waals surface area contributed by atoms with Gasteiger partial charge in [-0.15, -0.1) is 11.3 Å². The number of anilines is 2. The van der Waals surface area contributed by atoms with Crippen molar-refractivity contribution in [1.82, 2.24) is 24.4 Å². The van der Waals surface area contributed by atoms with E-state index in [0.29, 0.717) is 22.9 Å². The van der Waals surface area contributed by atoms with E-state index in [-0.39, 0.29) is 17.2 Å². The summed E-state index contributed by atoms with van der Waals surface area (Å²) in [6, 6.07) is 9.87. The van der Waals surface area contributed by atoms with Crippen LogP contribution in [0.15, 0.2) is 35.3 Å². The molecule has 0 atom stereocenters. The second-order valence-corrected chi connectivity index (χ2v) is 10.8. The zero-order valence-corrected chi connectivity index (χ0v) is 20.5. The van der Waals surface area contributed by atoms with Gasteiger partial charge in [-0.1, -0.05) is 12.8 Å². The van der Waals surface area contributed by atoms with Crippen LogP contribution in [0.1, 0.15) is 61.1 Å². The Balaban J connectivity index is 1.32. The molecule has 0 unspecified atom stereocenters. The largest absolute Gasteiger partial charge is 0.324 e. The number of nitrogens with zero attached hydrogens (tertiary/aromatic N) is 6. The molecule has 0 spiro atoms. The predicted octanol–water partition coefficient (Wildman–Crippen LogP) is 4.94. The number of nitriles is 1. The molecule has 1 saturated carbocycles. The molecule has 1 aliphatic heterocycles. The second kappa shape index (κ2) is 9.02. The Bertz CT molecular complexity index is 1500. The fourth-order valence-corrected chi connectivity index (χ4v) is 6.46. The highest BCUT2D eigenvalue weighted by molar-refractivity contribution is 7.18. The first-order chi connectivity index (χ1) is 17.1.